The maximum absolute atomic E-state index is 14.7. The summed E-state index contributed by atoms with van der Waals surface area (Å²) in [6.45, 7) is 8.47. The van der Waals surface area contributed by atoms with E-state index < -0.39 is 0 Å². The normalized spacial score (nSPS) is 21.5. The number of guanidine groups is 1. The third-order valence-electron chi connectivity index (χ3n) is 6.51. The molecule has 7 heteroatoms. The lowest BCUT2D eigenvalue weighted by Crippen LogP contribution is -2.41. The number of benzene rings is 1. The highest BCUT2D eigenvalue weighted by atomic mass is 127. The molecule has 1 aliphatic carbocycles. The van der Waals surface area contributed by atoms with E-state index in [2.05, 4.69) is 22.0 Å². The second kappa shape index (κ2) is 10.3. The van der Waals surface area contributed by atoms with Gasteiger partial charge in [-0.3, -0.25) is 0 Å². The van der Waals surface area contributed by atoms with Gasteiger partial charge in [-0.05, 0) is 49.3 Å². The lowest BCUT2D eigenvalue weighted by atomic mass is 9.86. The number of anilines is 1. The number of halogens is 2. The molecule has 0 atom stereocenters. The van der Waals surface area contributed by atoms with Gasteiger partial charge in [0.25, 0.3) is 0 Å². The molecule has 4 rings (SSSR count). The molecule has 2 saturated heterocycles. The smallest absolute Gasteiger partial charge is 0.194 e. The van der Waals surface area contributed by atoms with Crippen molar-refractivity contribution in [3.05, 3.63) is 29.6 Å². The topological polar surface area (TPSA) is 40.1 Å². The molecule has 0 radical (unpaired) electrons. The van der Waals surface area contributed by atoms with Crippen LogP contribution in [0.2, 0.25) is 0 Å². The summed E-state index contributed by atoms with van der Waals surface area (Å²) in [5.74, 6) is 0.814. The summed E-state index contributed by atoms with van der Waals surface area (Å²) in [4.78, 5) is 9.30. The first-order valence-corrected chi connectivity index (χ1v) is 10.8. The fourth-order valence-corrected chi connectivity index (χ4v) is 4.95. The van der Waals surface area contributed by atoms with Crippen LogP contribution in [-0.4, -0.2) is 56.8 Å². The molecule has 0 bridgehead atoms. The van der Waals surface area contributed by atoms with Crippen molar-refractivity contribution in [2.45, 2.75) is 45.6 Å². The Balaban J connectivity index is 0.00000240. The molecule has 2 heterocycles. The molecule has 1 aromatic rings. The van der Waals surface area contributed by atoms with E-state index in [4.69, 9.17) is 9.73 Å². The second-order valence-corrected chi connectivity index (χ2v) is 8.43. The van der Waals surface area contributed by atoms with Crippen molar-refractivity contribution in [3.8, 4) is 0 Å². The van der Waals surface area contributed by atoms with Crippen LogP contribution < -0.4 is 10.2 Å². The first kappa shape index (κ1) is 22.6. The highest BCUT2D eigenvalue weighted by Gasteiger charge is 2.41. The first-order valence-electron chi connectivity index (χ1n) is 10.8. The Morgan fingerprint density at radius 3 is 2.62 bits per heavy atom. The average Bonchev–Trinajstić information content (AvgIpc) is 3.36. The van der Waals surface area contributed by atoms with Gasteiger partial charge in [-0.25, -0.2) is 9.38 Å². The molecule has 3 aliphatic rings. The van der Waals surface area contributed by atoms with Crippen molar-refractivity contribution in [1.29, 1.82) is 0 Å². The Bertz CT molecular complexity index is 702. The summed E-state index contributed by atoms with van der Waals surface area (Å²) >= 11 is 0. The van der Waals surface area contributed by atoms with Crippen LogP contribution in [0, 0.1) is 11.2 Å². The van der Waals surface area contributed by atoms with Gasteiger partial charge in [0.2, 0.25) is 0 Å². The maximum atomic E-state index is 14.7. The fraction of sp³-hybridized carbons (Fsp3) is 0.682. The number of nitrogens with zero attached hydrogens (tertiary/aromatic N) is 3. The zero-order valence-corrected chi connectivity index (χ0v) is 19.8. The molecule has 3 fully saturated rings. The van der Waals surface area contributed by atoms with E-state index >= 15 is 0 Å². The van der Waals surface area contributed by atoms with Gasteiger partial charge >= 0.3 is 0 Å². The Kier molecular flexibility index (Phi) is 8.01. The quantitative estimate of drug-likeness (QED) is 0.373. The van der Waals surface area contributed by atoms with Gasteiger partial charge < -0.3 is 19.9 Å². The van der Waals surface area contributed by atoms with E-state index in [-0.39, 0.29) is 29.8 Å². The van der Waals surface area contributed by atoms with Gasteiger partial charge in [0.1, 0.15) is 5.82 Å². The molecule has 0 amide bonds. The number of ether oxygens (including phenoxy) is 1. The molecule has 1 N–H and O–H groups in total. The maximum Gasteiger partial charge on any atom is 0.194 e. The molecule has 29 heavy (non-hydrogen) atoms. The molecular weight excluding hydrogens is 482 g/mol. The predicted octanol–water partition coefficient (Wildman–Crippen LogP) is 4.01. The number of aliphatic imine (C=N–C) groups is 1. The van der Waals surface area contributed by atoms with Crippen LogP contribution in [0.1, 0.15) is 44.6 Å². The van der Waals surface area contributed by atoms with Gasteiger partial charge in [0.15, 0.2) is 5.96 Å². The van der Waals surface area contributed by atoms with Crippen molar-refractivity contribution in [2.75, 3.05) is 50.8 Å². The van der Waals surface area contributed by atoms with Crippen molar-refractivity contribution < 1.29 is 9.13 Å². The van der Waals surface area contributed by atoms with Crippen LogP contribution in [-0.2, 0) is 11.3 Å². The highest BCUT2D eigenvalue weighted by molar-refractivity contribution is 14.0. The summed E-state index contributed by atoms with van der Waals surface area (Å²) in [7, 11) is 0. The minimum absolute atomic E-state index is 0. The standard InChI is InChI=1S/C22H33FN4O.HI/c1-2-24-21(27-10-9-22(17-27)7-3-4-8-22)25-16-18-5-6-20(19(23)15-18)26-11-13-28-14-12-26;/h5-6,15H,2-4,7-14,16-17H2,1H3,(H,24,25);1H. The van der Waals surface area contributed by atoms with E-state index in [0.717, 1.165) is 44.2 Å². The van der Waals surface area contributed by atoms with Crippen LogP contribution >= 0.6 is 24.0 Å². The molecule has 1 spiro atoms. The van der Waals surface area contributed by atoms with E-state index in [9.17, 15) is 4.39 Å². The fourth-order valence-electron chi connectivity index (χ4n) is 4.95. The third kappa shape index (κ3) is 5.34. The minimum atomic E-state index is -0.161. The second-order valence-electron chi connectivity index (χ2n) is 8.43. The van der Waals surface area contributed by atoms with E-state index in [1.165, 1.54) is 32.1 Å². The molecule has 162 valence electrons. The van der Waals surface area contributed by atoms with Crippen LogP contribution in [0.15, 0.2) is 23.2 Å². The number of morpholine rings is 1. The summed E-state index contributed by atoms with van der Waals surface area (Å²) in [5.41, 5.74) is 2.10. The van der Waals surface area contributed by atoms with Crippen molar-refractivity contribution in [3.63, 3.8) is 0 Å². The molecule has 1 saturated carbocycles. The highest BCUT2D eigenvalue weighted by Crippen LogP contribution is 2.45. The molecule has 0 aromatic heterocycles. The molecule has 2 aliphatic heterocycles. The molecule has 5 nitrogen and oxygen atoms in total. The number of nitrogens with one attached hydrogen (secondary N) is 1. The minimum Gasteiger partial charge on any atom is -0.378 e. The summed E-state index contributed by atoms with van der Waals surface area (Å²) in [6.07, 6.45) is 6.74. The largest absolute Gasteiger partial charge is 0.378 e. The Morgan fingerprint density at radius 2 is 1.93 bits per heavy atom. The Labute approximate surface area is 191 Å². The van der Waals surface area contributed by atoms with E-state index in [1.54, 1.807) is 6.07 Å². The van der Waals surface area contributed by atoms with Crippen LogP contribution in [0.25, 0.3) is 0 Å². The molecule has 1 aromatic carbocycles. The van der Waals surface area contributed by atoms with E-state index in [0.29, 0.717) is 30.9 Å². The number of likely N-dealkylation sites (tertiary alicyclic amines) is 1. The van der Waals surface area contributed by atoms with Crippen LogP contribution in [0.3, 0.4) is 0 Å². The summed E-state index contributed by atoms with van der Waals surface area (Å²) in [5, 5.41) is 3.44. The van der Waals surface area contributed by atoms with Gasteiger partial charge in [-0.1, -0.05) is 18.9 Å². The average molecular weight is 516 g/mol. The summed E-state index contributed by atoms with van der Waals surface area (Å²) in [6, 6.07) is 5.53. The monoisotopic (exact) mass is 516 g/mol. The SMILES string of the molecule is CCNC(=NCc1ccc(N2CCOCC2)c(F)c1)N1CCC2(CCCC2)C1.I. The van der Waals surface area contributed by atoms with Crippen molar-refractivity contribution in [1.82, 2.24) is 10.2 Å². The van der Waals surface area contributed by atoms with Gasteiger partial charge in [0, 0.05) is 32.7 Å². The third-order valence-corrected chi connectivity index (χ3v) is 6.51. The van der Waals surface area contributed by atoms with E-state index in [1.807, 2.05) is 12.1 Å². The van der Waals surface area contributed by atoms with Crippen LogP contribution in [0.4, 0.5) is 10.1 Å². The zero-order chi connectivity index (χ0) is 19.4. The lowest BCUT2D eigenvalue weighted by molar-refractivity contribution is 0.122. The zero-order valence-electron chi connectivity index (χ0n) is 17.5. The molecular formula is C22H34FIN4O. The Morgan fingerprint density at radius 1 is 1.17 bits per heavy atom. The summed E-state index contributed by atoms with van der Waals surface area (Å²) < 4.78 is 20.0. The van der Waals surface area contributed by atoms with Gasteiger partial charge in [-0.2, -0.15) is 0 Å². The number of rotatable bonds is 4. The number of hydrogen-bond donors (Lipinski definition) is 1. The molecule has 0 unspecified atom stereocenters. The lowest BCUT2D eigenvalue weighted by Gasteiger charge is -2.29. The van der Waals surface area contributed by atoms with Gasteiger partial charge in [0.05, 0.1) is 25.4 Å². The van der Waals surface area contributed by atoms with Gasteiger partial charge in [-0.15, -0.1) is 24.0 Å². The van der Waals surface area contributed by atoms with Crippen molar-refractivity contribution in [2.24, 2.45) is 10.4 Å². The number of hydrogen-bond acceptors (Lipinski definition) is 3. The predicted molar refractivity (Wildman–Crippen MR) is 127 cm³/mol. The Hall–Kier alpha value is -1.09. The van der Waals surface area contributed by atoms with Crippen LogP contribution in [0.5, 0.6) is 0 Å². The first-order chi connectivity index (χ1) is 13.7. The van der Waals surface area contributed by atoms with Crippen molar-refractivity contribution >= 4 is 35.6 Å².